The molecule has 1 heterocycles. The number of nitrogens with one attached hydrogen (secondary N) is 3. The van der Waals surface area contributed by atoms with Crippen molar-refractivity contribution in [2.75, 3.05) is 10.6 Å². The molecule has 0 aliphatic carbocycles. The summed E-state index contributed by atoms with van der Waals surface area (Å²) in [5, 5.41) is 7.14. The molecule has 8 nitrogen and oxygen atoms in total. The van der Waals surface area contributed by atoms with Crippen molar-refractivity contribution in [2.24, 2.45) is 5.18 Å². The first-order valence-corrected chi connectivity index (χ1v) is 9.57. The number of anilines is 2. The SMILES string of the molecule is O=NC(=O)c1cc(Oc2ccc(NC(=O)Nc3ccc(Br)c(C(F)(F)F)c3)cc2)cc[nH+]1. The third kappa shape index (κ3) is 5.88. The summed E-state index contributed by atoms with van der Waals surface area (Å²) in [5.41, 5.74) is -0.641. The van der Waals surface area contributed by atoms with E-state index >= 15 is 0 Å². The lowest BCUT2D eigenvalue weighted by atomic mass is 10.2. The first-order chi connectivity index (χ1) is 15.2. The number of aromatic nitrogens is 1. The van der Waals surface area contributed by atoms with Crippen molar-refractivity contribution in [1.82, 2.24) is 0 Å². The quantitative estimate of drug-likeness (QED) is 0.434. The number of ether oxygens (including phenoxy) is 1. The van der Waals surface area contributed by atoms with Gasteiger partial charge in [-0.3, -0.25) is 4.79 Å². The van der Waals surface area contributed by atoms with Crippen LogP contribution in [0.5, 0.6) is 11.5 Å². The number of aromatic amines is 1. The molecule has 3 rings (SSSR count). The zero-order valence-electron chi connectivity index (χ0n) is 15.9. The van der Waals surface area contributed by atoms with Crippen molar-refractivity contribution in [3.8, 4) is 11.5 Å². The Morgan fingerprint density at radius 2 is 1.59 bits per heavy atom. The predicted octanol–water partition coefficient (Wildman–Crippen LogP) is 5.62. The molecule has 0 aliphatic heterocycles. The standard InChI is InChI=1S/C20H12BrF3N4O4/c21-16-6-3-12(9-15(16)20(22,23)24)27-19(30)26-11-1-4-13(5-2-11)32-14-7-8-25-17(10-14)18(29)28-31/h1-10H,(H2,26,27,30)/p+1. The van der Waals surface area contributed by atoms with Crippen LogP contribution in [0.25, 0.3) is 0 Å². The third-order valence-corrected chi connectivity index (χ3v) is 4.66. The molecule has 0 saturated heterocycles. The molecule has 0 aliphatic rings. The Bertz CT molecular complexity index is 1170. The van der Waals surface area contributed by atoms with E-state index < -0.39 is 23.7 Å². The number of H-pyrrole nitrogens is 1. The van der Waals surface area contributed by atoms with E-state index in [1.165, 1.54) is 54.7 Å². The van der Waals surface area contributed by atoms with Gasteiger partial charge in [0.25, 0.3) is 5.69 Å². The number of amides is 3. The molecule has 0 bridgehead atoms. The van der Waals surface area contributed by atoms with Crippen LogP contribution in [0.2, 0.25) is 0 Å². The van der Waals surface area contributed by atoms with Crippen LogP contribution in [-0.4, -0.2) is 11.9 Å². The first-order valence-electron chi connectivity index (χ1n) is 8.78. The van der Waals surface area contributed by atoms with Gasteiger partial charge >= 0.3 is 18.1 Å². The van der Waals surface area contributed by atoms with E-state index in [0.29, 0.717) is 11.4 Å². The number of nitroso groups, excluding NO2 is 1. The van der Waals surface area contributed by atoms with Crippen molar-refractivity contribution in [3.63, 3.8) is 0 Å². The second kappa shape index (κ2) is 9.56. The van der Waals surface area contributed by atoms with E-state index in [4.69, 9.17) is 4.74 Å². The molecule has 12 heteroatoms. The van der Waals surface area contributed by atoms with Gasteiger partial charge < -0.3 is 15.4 Å². The van der Waals surface area contributed by atoms with Gasteiger partial charge in [0.2, 0.25) is 0 Å². The monoisotopic (exact) mass is 509 g/mol. The van der Waals surface area contributed by atoms with Gasteiger partial charge in [-0.25, -0.2) is 9.78 Å². The Labute approximate surface area is 186 Å². The number of urea groups is 1. The van der Waals surface area contributed by atoms with Crippen LogP contribution in [0, 0.1) is 4.91 Å². The van der Waals surface area contributed by atoms with Crippen LogP contribution in [0.3, 0.4) is 0 Å². The second-order valence-corrected chi connectivity index (χ2v) is 7.09. The van der Waals surface area contributed by atoms with Crippen molar-refractivity contribution < 1.29 is 32.5 Å². The summed E-state index contributed by atoms with van der Waals surface area (Å²) in [5.74, 6) is -0.346. The summed E-state index contributed by atoms with van der Waals surface area (Å²) in [6, 6.07) is 11.5. The zero-order valence-corrected chi connectivity index (χ0v) is 17.5. The molecule has 0 unspecified atom stereocenters. The Morgan fingerprint density at radius 1 is 0.938 bits per heavy atom. The number of alkyl halides is 3. The highest BCUT2D eigenvalue weighted by molar-refractivity contribution is 9.10. The van der Waals surface area contributed by atoms with Gasteiger partial charge in [0.1, 0.15) is 11.5 Å². The van der Waals surface area contributed by atoms with Crippen LogP contribution in [0.1, 0.15) is 16.1 Å². The van der Waals surface area contributed by atoms with Crippen molar-refractivity contribution in [1.29, 1.82) is 0 Å². The topological polar surface area (TPSA) is 111 Å². The molecule has 0 fully saturated rings. The number of rotatable bonds is 5. The lowest BCUT2D eigenvalue weighted by Crippen LogP contribution is -2.19. The van der Waals surface area contributed by atoms with E-state index in [9.17, 15) is 27.7 Å². The molecule has 3 N–H and O–H groups in total. The normalized spacial score (nSPS) is 10.9. The summed E-state index contributed by atoms with van der Waals surface area (Å²) in [6.07, 6.45) is -3.17. The minimum atomic E-state index is -4.57. The summed E-state index contributed by atoms with van der Waals surface area (Å²) in [7, 11) is 0. The Hall–Kier alpha value is -3.80. The Kier molecular flexibility index (Phi) is 6.83. The van der Waals surface area contributed by atoms with Crippen LogP contribution >= 0.6 is 15.9 Å². The van der Waals surface area contributed by atoms with Gasteiger partial charge in [-0.2, -0.15) is 13.2 Å². The average molecular weight is 510 g/mol. The van der Waals surface area contributed by atoms with E-state index in [1.54, 1.807) is 0 Å². The number of benzene rings is 2. The van der Waals surface area contributed by atoms with E-state index in [2.05, 4.69) is 36.7 Å². The highest BCUT2D eigenvalue weighted by Gasteiger charge is 2.33. The number of pyridine rings is 1. The van der Waals surface area contributed by atoms with Gasteiger partial charge in [-0.15, -0.1) is 4.91 Å². The summed E-state index contributed by atoms with van der Waals surface area (Å²) >= 11 is 2.83. The summed E-state index contributed by atoms with van der Waals surface area (Å²) in [6.45, 7) is 0. The number of carbonyl (C=O) groups is 2. The van der Waals surface area contributed by atoms with Crippen LogP contribution < -0.4 is 20.4 Å². The maximum Gasteiger partial charge on any atom is 0.417 e. The second-order valence-electron chi connectivity index (χ2n) is 6.23. The molecular weight excluding hydrogens is 497 g/mol. The summed E-state index contributed by atoms with van der Waals surface area (Å²) in [4.78, 5) is 36.3. The van der Waals surface area contributed by atoms with E-state index in [-0.39, 0.29) is 21.6 Å². The van der Waals surface area contributed by atoms with Crippen LogP contribution in [0.4, 0.5) is 29.3 Å². The number of carbonyl (C=O) groups excluding carboxylic acids is 2. The average Bonchev–Trinajstić information content (AvgIpc) is 2.75. The Balaban J connectivity index is 1.63. The van der Waals surface area contributed by atoms with Crippen LogP contribution in [-0.2, 0) is 6.18 Å². The molecule has 0 radical (unpaired) electrons. The Morgan fingerprint density at radius 3 is 2.25 bits per heavy atom. The molecule has 2 aromatic carbocycles. The minimum Gasteiger partial charge on any atom is -0.457 e. The van der Waals surface area contributed by atoms with E-state index in [1.807, 2.05) is 0 Å². The van der Waals surface area contributed by atoms with Gasteiger partial charge in [-0.05, 0) is 42.5 Å². The third-order valence-electron chi connectivity index (χ3n) is 3.96. The van der Waals surface area contributed by atoms with Gasteiger partial charge in [0.05, 0.1) is 11.6 Å². The van der Waals surface area contributed by atoms with Crippen molar-refractivity contribution >= 4 is 39.2 Å². The molecule has 3 aromatic rings. The number of nitrogens with zero attached hydrogens (tertiary/aromatic N) is 1. The van der Waals surface area contributed by atoms with Gasteiger partial charge in [0.15, 0.2) is 6.20 Å². The fraction of sp³-hybridized carbons (Fsp3) is 0.0500. The maximum atomic E-state index is 13.0. The molecule has 0 atom stereocenters. The summed E-state index contributed by atoms with van der Waals surface area (Å²) < 4.78 is 44.4. The molecule has 32 heavy (non-hydrogen) atoms. The fourth-order valence-corrected chi connectivity index (χ4v) is 3.01. The lowest BCUT2D eigenvalue weighted by molar-refractivity contribution is -0.382. The molecule has 0 spiro atoms. The highest BCUT2D eigenvalue weighted by atomic mass is 79.9. The number of hydrogen-bond donors (Lipinski definition) is 2. The largest absolute Gasteiger partial charge is 0.457 e. The number of halogens is 4. The minimum absolute atomic E-state index is 0.0333. The van der Waals surface area contributed by atoms with Gasteiger partial charge in [-0.1, -0.05) is 15.9 Å². The zero-order chi connectivity index (χ0) is 23.3. The molecule has 0 saturated carbocycles. The lowest BCUT2D eigenvalue weighted by Gasteiger charge is -2.13. The highest BCUT2D eigenvalue weighted by Crippen LogP contribution is 2.36. The molecule has 1 aromatic heterocycles. The predicted molar refractivity (Wildman–Crippen MR) is 111 cm³/mol. The molecular formula is C20H13BrF3N4O4+. The van der Waals surface area contributed by atoms with Gasteiger partial charge in [0, 0.05) is 27.1 Å². The van der Waals surface area contributed by atoms with Crippen molar-refractivity contribution in [2.45, 2.75) is 6.18 Å². The molecule has 164 valence electrons. The van der Waals surface area contributed by atoms with Crippen LogP contribution in [0.15, 0.2) is 70.4 Å². The van der Waals surface area contributed by atoms with Crippen molar-refractivity contribution in [3.05, 3.63) is 81.4 Å². The maximum absolute atomic E-state index is 13.0. The molecule has 3 amide bonds. The smallest absolute Gasteiger partial charge is 0.417 e. The van der Waals surface area contributed by atoms with E-state index in [0.717, 1.165) is 6.07 Å². The number of hydrogen-bond acceptors (Lipinski definition) is 4. The fourth-order valence-electron chi connectivity index (χ4n) is 2.54. The first kappa shape index (κ1) is 22.9.